The molecule has 0 fully saturated rings. The van der Waals surface area contributed by atoms with Gasteiger partial charge in [0.05, 0.1) is 0 Å². The first kappa shape index (κ1) is 9.91. The molecule has 0 saturated heterocycles. The average Bonchev–Trinajstić information content (AvgIpc) is 1.87. The summed E-state index contributed by atoms with van der Waals surface area (Å²) in [5.41, 5.74) is 5.13. The molecule has 3 heteroatoms. The fraction of sp³-hybridized carbons (Fsp3) is 0.375. The van der Waals surface area contributed by atoms with Crippen LogP contribution in [0.15, 0.2) is 24.8 Å². The Bertz CT molecular complexity index is 183. The maximum Gasteiger partial charge on any atom is 0.327 e. The third kappa shape index (κ3) is 5.36. The Hall–Kier alpha value is -1.09. The van der Waals surface area contributed by atoms with E-state index in [9.17, 15) is 4.79 Å². The van der Waals surface area contributed by atoms with Gasteiger partial charge in [0.2, 0.25) is 0 Å². The smallest absolute Gasteiger partial charge is 0.327 e. The monoisotopic (exact) mass is 155 g/mol. The summed E-state index contributed by atoms with van der Waals surface area (Å²) in [6, 6.07) is 0. The summed E-state index contributed by atoms with van der Waals surface area (Å²) in [6.07, 6.45) is 4.68. The zero-order chi connectivity index (χ0) is 8.91. The van der Waals surface area contributed by atoms with Crippen LogP contribution < -0.4 is 5.73 Å². The van der Waals surface area contributed by atoms with Gasteiger partial charge in [0.15, 0.2) is 0 Å². The van der Waals surface area contributed by atoms with E-state index in [0.29, 0.717) is 6.42 Å². The molecule has 0 rings (SSSR count). The van der Waals surface area contributed by atoms with Crippen molar-refractivity contribution in [3.05, 3.63) is 24.8 Å². The van der Waals surface area contributed by atoms with Gasteiger partial charge in [-0.1, -0.05) is 12.2 Å². The topological polar surface area (TPSA) is 63.3 Å². The number of carboxylic acids is 1. The molecule has 0 spiro atoms. The fourth-order valence-corrected chi connectivity index (χ4v) is 0.497. The summed E-state index contributed by atoms with van der Waals surface area (Å²) in [5.74, 6) is -0.954. The second-order valence-corrected chi connectivity index (χ2v) is 2.65. The van der Waals surface area contributed by atoms with E-state index in [2.05, 4.69) is 6.58 Å². The summed E-state index contributed by atoms with van der Waals surface area (Å²) >= 11 is 0. The van der Waals surface area contributed by atoms with Gasteiger partial charge in [-0.25, -0.2) is 4.79 Å². The molecule has 1 atom stereocenters. The predicted octanol–water partition coefficient (Wildman–Crippen LogP) is 0.921. The van der Waals surface area contributed by atoms with E-state index in [1.807, 2.05) is 0 Å². The first-order chi connectivity index (χ1) is 4.98. The van der Waals surface area contributed by atoms with E-state index in [1.54, 1.807) is 13.0 Å². The molecule has 0 amide bonds. The molecule has 0 aliphatic heterocycles. The van der Waals surface area contributed by atoms with Gasteiger partial charge < -0.3 is 10.8 Å². The van der Waals surface area contributed by atoms with Gasteiger partial charge in [-0.3, -0.25) is 0 Å². The van der Waals surface area contributed by atoms with Gasteiger partial charge >= 0.3 is 5.97 Å². The molecule has 0 aromatic rings. The van der Waals surface area contributed by atoms with Crippen LogP contribution in [0.4, 0.5) is 0 Å². The van der Waals surface area contributed by atoms with Crippen LogP contribution in [0.5, 0.6) is 0 Å². The Labute approximate surface area is 66.2 Å². The summed E-state index contributed by atoms with van der Waals surface area (Å²) < 4.78 is 0. The van der Waals surface area contributed by atoms with Crippen molar-refractivity contribution >= 4 is 5.97 Å². The van der Waals surface area contributed by atoms with E-state index in [4.69, 9.17) is 10.8 Å². The molecule has 3 nitrogen and oxygen atoms in total. The number of carbonyl (C=O) groups is 1. The maximum absolute atomic E-state index is 10.0. The minimum atomic E-state index is -0.954. The van der Waals surface area contributed by atoms with Gasteiger partial charge in [-0.2, -0.15) is 0 Å². The molecule has 62 valence electrons. The summed E-state index contributed by atoms with van der Waals surface area (Å²) in [6.45, 7) is 5.31. The Morgan fingerprint density at radius 3 is 2.73 bits per heavy atom. The molecule has 3 N–H and O–H groups in total. The maximum atomic E-state index is 10.0. The quantitative estimate of drug-likeness (QED) is 0.468. The zero-order valence-electron chi connectivity index (χ0n) is 6.58. The van der Waals surface area contributed by atoms with Crippen LogP contribution in [0.1, 0.15) is 13.3 Å². The molecule has 0 aromatic heterocycles. The van der Waals surface area contributed by atoms with Crippen LogP contribution in [0.2, 0.25) is 0 Å². The zero-order valence-corrected chi connectivity index (χ0v) is 6.58. The molecule has 0 aliphatic carbocycles. The summed E-state index contributed by atoms with van der Waals surface area (Å²) in [7, 11) is 0. The minimum absolute atomic E-state index is 0.489. The number of hydrogen-bond donors (Lipinski definition) is 2. The first-order valence-corrected chi connectivity index (χ1v) is 3.30. The van der Waals surface area contributed by atoms with Crippen LogP contribution in [-0.4, -0.2) is 16.6 Å². The third-order valence-electron chi connectivity index (χ3n) is 1.28. The van der Waals surface area contributed by atoms with Crippen molar-refractivity contribution in [3.63, 3.8) is 0 Å². The molecular weight excluding hydrogens is 142 g/mol. The number of nitrogens with two attached hydrogens (primary N) is 1. The van der Waals surface area contributed by atoms with Gasteiger partial charge in [-0.05, 0) is 13.3 Å². The van der Waals surface area contributed by atoms with Gasteiger partial charge in [-0.15, -0.1) is 6.58 Å². The highest BCUT2D eigenvalue weighted by atomic mass is 16.4. The van der Waals surface area contributed by atoms with Crippen LogP contribution in [0.3, 0.4) is 0 Å². The number of aliphatic carboxylic acids is 1. The van der Waals surface area contributed by atoms with Crippen molar-refractivity contribution in [2.24, 2.45) is 5.73 Å². The number of rotatable bonds is 4. The minimum Gasteiger partial charge on any atom is -0.478 e. The number of hydrogen-bond acceptors (Lipinski definition) is 2. The highest BCUT2D eigenvalue weighted by Gasteiger charge is 2.09. The highest BCUT2D eigenvalue weighted by Crippen LogP contribution is 2.06. The van der Waals surface area contributed by atoms with E-state index < -0.39 is 11.5 Å². The lowest BCUT2D eigenvalue weighted by atomic mass is 10.00. The van der Waals surface area contributed by atoms with Crippen LogP contribution in [0.25, 0.3) is 0 Å². The molecule has 0 heterocycles. The van der Waals surface area contributed by atoms with E-state index >= 15 is 0 Å². The Morgan fingerprint density at radius 1 is 1.82 bits per heavy atom. The van der Waals surface area contributed by atoms with Crippen LogP contribution in [0, 0.1) is 0 Å². The standard InChI is InChI=1S/C8H13NO2/c1-3-8(2,9)6-4-5-7(10)11/h3-5H,1,6,9H2,2H3,(H,10,11). The largest absolute Gasteiger partial charge is 0.478 e. The normalized spacial score (nSPS) is 16.2. The molecule has 0 saturated carbocycles. The van der Waals surface area contributed by atoms with E-state index in [0.717, 1.165) is 6.08 Å². The highest BCUT2D eigenvalue weighted by molar-refractivity contribution is 5.79. The van der Waals surface area contributed by atoms with Crippen LogP contribution >= 0.6 is 0 Å². The molecule has 0 aliphatic rings. The Morgan fingerprint density at radius 2 is 2.36 bits per heavy atom. The van der Waals surface area contributed by atoms with Gasteiger partial charge in [0.25, 0.3) is 0 Å². The SMILES string of the molecule is C=CC(C)(N)CC=CC(=O)O. The van der Waals surface area contributed by atoms with E-state index in [1.165, 1.54) is 6.08 Å². The molecule has 0 radical (unpaired) electrons. The molecule has 11 heavy (non-hydrogen) atoms. The Kier molecular flexibility index (Phi) is 3.54. The van der Waals surface area contributed by atoms with Crippen LogP contribution in [-0.2, 0) is 4.79 Å². The second-order valence-electron chi connectivity index (χ2n) is 2.65. The molecule has 0 bridgehead atoms. The van der Waals surface area contributed by atoms with Crippen molar-refractivity contribution in [2.75, 3.05) is 0 Å². The van der Waals surface area contributed by atoms with Gasteiger partial charge in [0.1, 0.15) is 0 Å². The fourth-order valence-electron chi connectivity index (χ4n) is 0.497. The third-order valence-corrected chi connectivity index (χ3v) is 1.28. The lowest BCUT2D eigenvalue weighted by molar-refractivity contribution is -0.131. The number of carboxylic acid groups (broad SMARTS) is 1. The lowest BCUT2D eigenvalue weighted by Crippen LogP contribution is -2.32. The van der Waals surface area contributed by atoms with Crippen molar-refractivity contribution < 1.29 is 9.90 Å². The lowest BCUT2D eigenvalue weighted by Gasteiger charge is -2.16. The van der Waals surface area contributed by atoms with Gasteiger partial charge in [0, 0.05) is 11.6 Å². The van der Waals surface area contributed by atoms with Crippen molar-refractivity contribution in [2.45, 2.75) is 18.9 Å². The second kappa shape index (κ2) is 3.93. The van der Waals surface area contributed by atoms with Crippen molar-refractivity contribution in [1.29, 1.82) is 0 Å². The van der Waals surface area contributed by atoms with Crippen molar-refractivity contribution in [3.8, 4) is 0 Å². The Balaban J connectivity index is 3.87. The molecular formula is C8H13NO2. The predicted molar refractivity (Wildman–Crippen MR) is 44.2 cm³/mol. The molecule has 1 unspecified atom stereocenters. The first-order valence-electron chi connectivity index (χ1n) is 3.30. The molecule has 0 aromatic carbocycles. The van der Waals surface area contributed by atoms with Crippen molar-refractivity contribution in [1.82, 2.24) is 0 Å². The summed E-state index contributed by atoms with van der Waals surface area (Å²) in [5, 5.41) is 8.23. The van der Waals surface area contributed by atoms with E-state index in [-0.39, 0.29) is 0 Å². The average molecular weight is 155 g/mol. The summed E-state index contributed by atoms with van der Waals surface area (Å²) in [4.78, 5) is 10.0.